The zero-order valence-electron chi connectivity index (χ0n) is 33.4. The lowest BCUT2D eigenvalue weighted by molar-refractivity contribution is -0.0764. The Kier molecular flexibility index (Phi) is 15.9. The molecule has 1 saturated heterocycles. The predicted molar refractivity (Wildman–Crippen MR) is 216 cm³/mol. The number of amides is 1. The maximum atomic E-state index is 16.2. The third-order valence-electron chi connectivity index (χ3n) is 10.2. The van der Waals surface area contributed by atoms with Crippen molar-refractivity contribution >= 4 is 30.8 Å². The van der Waals surface area contributed by atoms with Crippen LogP contribution in [0, 0.1) is 5.92 Å². The molecule has 1 fully saturated rings. The van der Waals surface area contributed by atoms with Gasteiger partial charge in [0.05, 0.1) is 58.4 Å². The van der Waals surface area contributed by atoms with E-state index < -0.39 is 44.5 Å². The number of benzene rings is 3. The molecule has 1 aliphatic heterocycles. The summed E-state index contributed by atoms with van der Waals surface area (Å²) in [7, 11) is -1.85. The van der Waals surface area contributed by atoms with E-state index in [1.165, 1.54) is 13.3 Å². The van der Waals surface area contributed by atoms with Crippen LogP contribution in [0.1, 0.15) is 49.5 Å². The Morgan fingerprint density at radius 3 is 2.11 bits per heavy atom. The highest BCUT2D eigenvalue weighted by Crippen LogP contribution is 2.38. The summed E-state index contributed by atoms with van der Waals surface area (Å²) in [5, 5.41) is 8.60. The van der Waals surface area contributed by atoms with Gasteiger partial charge in [-0.1, -0.05) is 112 Å². The maximum absolute atomic E-state index is 16.2. The first-order chi connectivity index (χ1) is 27.4. The van der Waals surface area contributed by atoms with Gasteiger partial charge in [0, 0.05) is 31.9 Å². The second kappa shape index (κ2) is 20.8. The molecule has 11 nitrogen and oxygen atoms in total. The second-order valence-electron chi connectivity index (χ2n) is 15.4. The zero-order valence-corrected chi connectivity index (χ0v) is 34.4. The van der Waals surface area contributed by atoms with Gasteiger partial charge in [0.2, 0.25) is 0 Å². The number of carbonyl (C=O) groups is 2. The molecule has 308 valence electrons. The lowest BCUT2D eigenvalue weighted by Crippen LogP contribution is -2.67. The fraction of sp³-hybridized carbons (Fsp3) is 0.465. The molecule has 0 bridgehead atoms. The van der Waals surface area contributed by atoms with Gasteiger partial charge < -0.3 is 28.7 Å². The number of alkyl halides is 2. The van der Waals surface area contributed by atoms with E-state index in [0.717, 1.165) is 15.9 Å². The molecule has 1 N–H and O–H groups in total. The van der Waals surface area contributed by atoms with Crippen molar-refractivity contribution in [3.05, 3.63) is 115 Å². The third kappa shape index (κ3) is 12.5. The smallest absolute Gasteiger partial charge is 0.407 e. The number of hydrogen-bond donors (Lipinski definition) is 1. The summed E-state index contributed by atoms with van der Waals surface area (Å²) in [6.07, 6.45) is 3.51. The molecule has 0 radical (unpaired) electrons. The van der Waals surface area contributed by atoms with E-state index in [2.05, 4.69) is 31.2 Å². The molecule has 1 aliphatic rings. The summed E-state index contributed by atoms with van der Waals surface area (Å²) >= 11 is 0. The first-order valence-electron chi connectivity index (χ1n) is 19.5. The molecule has 0 saturated carbocycles. The zero-order chi connectivity index (χ0) is 40.7. The third-order valence-corrected chi connectivity index (χ3v) is 15.2. The maximum Gasteiger partial charge on any atom is 0.407 e. The summed E-state index contributed by atoms with van der Waals surface area (Å²) in [6.45, 7) is 7.73. The number of hydrogen-bond acceptors (Lipinski definition) is 9. The van der Waals surface area contributed by atoms with E-state index in [1.54, 1.807) is 15.8 Å². The van der Waals surface area contributed by atoms with E-state index >= 15 is 8.78 Å². The highest BCUT2D eigenvalue weighted by Gasteiger charge is 2.52. The minimum Gasteiger partial charge on any atom is -0.465 e. The number of aromatic nitrogens is 2. The number of ether oxygens (including phenoxy) is 4. The lowest BCUT2D eigenvalue weighted by Gasteiger charge is -2.44. The Morgan fingerprint density at radius 2 is 1.49 bits per heavy atom. The average Bonchev–Trinajstić information content (AvgIpc) is 3.68. The molecule has 4 aromatic rings. The predicted octanol–water partition coefficient (Wildman–Crippen LogP) is 5.92. The van der Waals surface area contributed by atoms with Gasteiger partial charge in [-0.25, -0.2) is 18.4 Å². The molecule has 1 aromatic heterocycles. The van der Waals surface area contributed by atoms with Gasteiger partial charge in [0.15, 0.2) is 0 Å². The molecular weight excluding hydrogens is 751 g/mol. The van der Waals surface area contributed by atoms with Gasteiger partial charge in [0.1, 0.15) is 6.61 Å². The monoisotopic (exact) mass is 806 g/mol. The van der Waals surface area contributed by atoms with Crippen LogP contribution in [0.5, 0.6) is 0 Å². The minimum atomic E-state index is -3.16. The standard InChI is InChI=1S/C43H56F2N4O7Si/c1-42(2,3)57(37-16-10-6-11-17-37,38-18-12-7-13-19-38)56-33-43(44,45)32-48-22-20-39(47-41(51)55-31-34-14-8-5-9-15-34)35(29-48)21-24-53-26-27-54-25-23-49-30-36(28-46-49)40(50)52-4/h5-19,28,30,35,39H,20-27,29,31-33H2,1-4H3,(H,47,51)/t35-,39-/m0/s1. The van der Waals surface area contributed by atoms with Crippen molar-refractivity contribution in [2.24, 2.45) is 5.92 Å². The Morgan fingerprint density at radius 1 is 0.877 bits per heavy atom. The van der Waals surface area contributed by atoms with Crippen LogP contribution in [0.3, 0.4) is 0 Å². The van der Waals surface area contributed by atoms with Gasteiger partial charge in [-0.05, 0) is 39.7 Å². The summed E-state index contributed by atoms with van der Waals surface area (Å²) < 4.78 is 62.4. The molecule has 0 spiro atoms. The molecule has 2 heterocycles. The van der Waals surface area contributed by atoms with E-state index in [9.17, 15) is 9.59 Å². The quantitative estimate of drug-likeness (QED) is 0.0661. The van der Waals surface area contributed by atoms with Crippen LogP contribution < -0.4 is 15.7 Å². The number of rotatable bonds is 20. The van der Waals surface area contributed by atoms with Crippen LogP contribution >= 0.6 is 0 Å². The summed E-state index contributed by atoms with van der Waals surface area (Å²) in [4.78, 5) is 26.3. The number of nitrogens with zero attached hydrogens (tertiary/aromatic N) is 3. The molecular formula is C43H56F2N4O7Si. The van der Waals surface area contributed by atoms with Crippen LogP contribution in [0.25, 0.3) is 0 Å². The Hall–Kier alpha value is -4.47. The molecule has 2 atom stereocenters. The molecule has 0 unspecified atom stereocenters. The van der Waals surface area contributed by atoms with E-state index in [-0.39, 0.29) is 18.6 Å². The SMILES string of the molecule is COC(=O)c1cnn(CCOCCOCC[C@H]2CN(CC(F)(F)CO[Si](c3ccccc3)(c3ccccc3)C(C)(C)C)CC[C@@H]2NC(=O)OCc2ccccc2)c1. The topological polar surface area (TPSA) is 113 Å². The largest absolute Gasteiger partial charge is 0.465 e. The number of alkyl carbamates (subject to hydrolysis) is 1. The van der Waals surface area contributed by atoms with Crippen LogP contribution in [0.2, 0.25) is 5.04 Å². The number of likely N-dealkylation sites (tertiary alicyclic amines) is 1. The van der Waals surface area contributed by atoms with Crippen LogP contribution in [0.4, 0.5) is 13.6 Å². The van der Waals surface area contributed by atoms with Crippen molar-refractivity contribution in [1.82, 2.24) is 20.0 Å². The fourth-order valence-corrected chi connectivity index (χ4v) is 12.0. The Bertz CT molecular complexity index is 1770. The van der Waals surface area contributed by atoms with E-state index in [4.69, 9.17) is 23.4 Å². The normalized spacial score (nSPS) is 16.6. The molecule has 1 amide bonds. The van der Waals surface area contributed by atoms with Gasteiger partial charge in [-0.3, -0.25) is 9.58 Å². The Balaban J connectivity index is 1.17. The average molecular weight is 807 g/mol. The number of esters is 1. The molecule has 5 rings (SSSR count). The van der Waals surface area contributed by atoms with Crippen molar-refractivity contribution in [2.45, 2.75) is 63.8 Å². The second-order valence-corrected chi connectivity index (χ2v) is 19.7. The number of methoxy groups -OCH3 is 1. The number of nitrogens with one attached hydrogen (secondary N) is 1. The summed E-state index contributed by atoms with van der Waals surface area (Å²) in [5.74, 6) is -3.76. The van der Waals surface area contributed by atoms with Crippen molar-refractivity contribution in [2.75, 3.05) is 59.8 Å². The van der Waals surface area contributed by atoms with Crippen molar-refractivity contribution in [3.8, 4) is 0 Å². The van der Waals surface area contributed by atoms with Crippen LogP contribution in [-0.2, 0) is 36.5 Å². The van der Waals surface area contributed by atoms with E-state index in [1.807, 2.05) is 91.0 Å². The fourth-order valence-electron chi connectivity index (χ4n) is 7.42. The van der Waals surface area contributed by atoms with Crippen molar-refractivity contribution in [1.29, 1.82) is 0 Å². The number of carbonyl (C=O) groups excluding carboxylic acids is 2. The van der Waals surface area contributed by atoms with Crippen LogP contribution in [0.15, 0.2) is 103 Å². The van der Waals surface area contributed by atoms with Crippen molar-refractivity contribution < 1.29 is 41.7 Å². The van der Waals surface area contributed by atoms with E-state index in [0.29, 0.717) is 64.5 Å². The van der Waals surface area contributed by atoms with Gasteiger partial charge in [-0.2, -0.15) is 5.10 Å². The van der Waals surface area contributed by atoms with Crippen LogP contribution in [-0.4, -0.2) is 107 Å². The number of halogens is 2. The molecule has 3 aromatic carbocycles. The van der Waals surface area contributed by atoms with Gasteiger partial charge in [0.25, 0.3) is 14.2 Å². The van der Waals surface area contributed by atoms with Crippen molar-refractivity contribution in [3.63, 3.8) is 0 Å². The highest BCUT2D eigenvalue weighted by atomic mass is 28.4. The highest BCUT2D eigenvalue weighted by molar-refractivity contribution is 6.99. The molecule has 0 aliphatic carbocycles. The minimum absolute atomic E-state index is 0.129. The molecule has 14 heteroatoms. The molecule has 57 heavy (non-hydrogen) atoms. The Labute approximate surface area is 335 Å². The summed E-state index contributed by atoms with van der Waals surface area (Å²) in [5.41, 5.74) is 1.24. The summed E-state index contributed by atoms with van der Waals surface area (Å²) in [6, 6.07) is 28.7. The van der Waals surface area contributed by atoms with Gasteiger partial charge >= 0.3 is 12.1 Å². The lowest BCUT2D eigenvalue weighted by atomic mass is 9.89. The number of piperidine rings is 1. The first-order valence-corrected chi connectivity index (χ1v) is 21.4. The van der Waals surface area contributed by atoms with Gasteiger partial charge in [-0.15, -0.1) is 0 Å². The first kappa shape index (κ1) is 43.6.